The van der Waals surface area contributed by atoms with E-state index in [2.05, 4.69) is 20.2 Å². The largest absolute Gasteiger partial charge is 0.360 e. The van der Waals surface area contributed by atoms with Gasteiger partial charge in [-0.05, 0) is 24.4 Å². The van der Waals surface area contributed by atoms with Crippen LogP contribution in [0.15, 0.2) is 53.1 Å². The summed E-state index contributed by atoms with van der Waals surface area (Å²) in [6.45, 7) is 1.88. The van der Waals surface area contributed by atoms with Gasteiger partial charge in [0.1, 0.15) is 0 Å². The molecule has 3 heterocycles. The molecule has 0 radical (unpaired) electrons. The van der Waals surface area contributed by atoms with Gasteiger partial charge in [-0.25, -0.2) is 4.98 Å². The van der Waals surface area contributed by atoms with Gasteiger partial charge in [0, 0.05) is 22.7 Å². The number of aromatic amines is 2. The van der Waals surface area contributed by atoms with Crippen LogP contribution in [0.3, 0.4) is 0 Å². The molecule has 24 heavy (non-hydrogen) atoms. The minimum Gasteiger partial charge on any atom is -0.360 e. The summed E-state index contributed by atoms with van der Waals surface area (Å²) in [5.74, 6) is 0.805. The Morgan fingerprint density at radius 2 is 2.12 bits per heavy atom. The third-order valence-corrected chi connectivity index (χ3v) is 5.56. The number of fused-ring (bicyclic) bond motifs is 1. The van der Waals surface area contributed by atoms with E-state index >= 15 is 0 Å². The van der Waals surface area contributed by atoms with Gasteiger partial charge in [-0.15, -0.1) is 16.4 Å². The average Bonchev–Trinajstić information content (AvgIpc) is 3.33. The maximum Gasteiger partial charge on any atom is 0.209 e. The van der Waals surface area contributed by atoms with E-state index in [-0.39, 0.29) is 11.0 Å². The number of H-pyrrole nitrogens is 2. The van der Waals surface area contributed by atoms with Crippen LogP contribution in [0.4, 0.5) is 0 Å². The van der Waals surface area contributed by atoms with E-state index < -0.39 is 0 Å². The number of Topliss-reactive ketones (excluding diaryl/α,β-unsaturated/α-hetero) is 1. The fourth-order valence-corrected chi connectivity index (χ4v) is 3.98. The molecular weight excluding hydrogens is 340 g/mol. The van der Waals surface area contributed by atoms with Crippen molar-refractivity contribution in [3.63, 3.8) is 0 Å². The normalized spacial score (nSPS) is 12.5. The van der Waals surface area contributed by atoms with Gasteiger partial charge in [-0.3, -0.25) is 9.89 Å². The molecule has 4 aromatic rings. The minimum atomic E-state index is -0.267. The van der Waals surface area contributed by atoms with Crippen molar-refractivity contribution in [2.75, 3.05) is 0 Å². The molecule has 0 aliphatic rings. The fourth-order valence-electron chi connectivity index (χ4n) is 2.53. The predicted octanol–water partition coefficient (Wildman–Crippen LogP) is 4.38. The molecule has 4 rings (SSSR count). The van der Waals surface area contributed by atoms with Crippen LogP contribution in [0.2, 0.25) is 0 Å². The summed E-state index contributed by atoms with van der Waals surface area (Å²) in [6.07, 6.45) is 1.78. The van der Waals surface area contributed by atoms with Crippen molar-refractivity contribution in [3.8, 4) is 10.7 Å². The van der Waals surface area contributed by atoms with Gasteiger partial charge in [0.2, 0.25) is 5.16 Å². The molecule has 0 aliphatic carbocycles. The van der Waals surface area contributed by atoms with E-state index in [1.54, 1.807) is 17.5 Å². The lowest BCUT2D eigenvalue weighted by molar-refractivity contribution is 0.0995. The number of aromatic nitrogens is 4. The maximum atomic E-state index is 12.8. The average molecular weight is 354 g/mol. The van der Waals surface area contributed by atoms with E-state index in [1.807, 2.05) is 48.7 Å². The summed E-state index contributed by atoms with van der Waals surface area (Å²) in [4.78, 5) is 21.4. The van der Waals surface area contributed by atoms with Crippen molar-refractivity contribution in [2.24, 2.45) is 0 Å². The van der Waals surface area contributed by atoms with Crippen LogP contribution in [0.5, 0.6) is 0 Å². The number of rotatable bonds is 5. The van der Waals surface area contributed by atoms with Crippen LogP contribution in [0.1, 0.15) is 17.3 Å². The van der Waals surface area contributed by atoms with Gasteiger partial charge in [0.15, 0.2) is 11.6 Å². The predicted molar refractivity (Wildman–Crippen MR) is 97.6 cm³/mol. The first-order valence-corrected chi connectivity index (χ1v) is 9.21. The van der Waals surface area contributed by atoms with Crippen LogP contribution in [-0.2, 0) is 0 Å². The molecule has 3 aromatic heterocycles. The molecule has 0 unspecified atom stereocenters. The monoisotopic (exact) mass is 354 g/mol. The number of nitrogens with one attached hydrogen (secondary N) is 2. The molecule has 0 spiro atoms. The lowest BCUT2D eigenvalue weighted by Gasteiger charge is -2.06. The smallest absolute Gasteiger partial charge is 0.209 e. The highest BCUT2D eigenvalue weighted by molar-refractivity contribution is 8.00. The Morgan fingerprint density at radius 1 is 1.25 bits per heavy atom. The number of carbonyl (C=O) groups is 1. The van der Waals surface area contributed by atoms with E-state index in [0.717, 1.165) is 21.6 Å². The SMILES string of the molecule is C[C@H](Sc1n[nH]c(-c2cccs2)n1)C(=O)c1c[nH]c2ccccc12. The quantitative estimate of drug-likeness (QED) is 0.412. The van der Waals surface area contributed by atoms with Crippen molar-refractivity contribution >= 4 is 39.8 Å². The number of carbonyl (C=O) groups excluding carboxylic acids is 1. The molecule has 0 saturated carbocycles. The zero-order chi connectivity index (χ0) is 16.5. The van der Waals surface area contributed by atoms with Gasteiger partial charge in [-0.1, -0.05) is 36.0 Å². The molecule has 1 aromatic carbocycles. The number of para-hydroxylation sites is 1. The number of benzene rings is 1. The summed E-state index contributed by atoms with van der Waals surface area (Å²) in [6, 6.07) is 11.8. The Balaban J connectivity index is 1.54. The first-order valence-electron chi connectivity index (χ1n) is 7.45. The molecule has 0 amide bonds. The van der Waals surface area contributed by atoms with Crippen LogP contribution >= 0.6 is 23.1 Å². The second kappa shape index (κ2) is 6.26. The Kier molecular flexibility index (Phi) is 3.95. The van der Waals surface area contributed by atoms with Gasteiger partial charge >= 0.3 is 0 Å². The van der Waals surface area contributed by atoms with E-state index in [1.165, 1.54) is 11.8 Å². The molecule has 5 nitrogen and oxygen atoms in total. The van der Waals surface area contributed by atoms with Gasteiger partial charge in [0.25, 0.3) is 0 Å². The van der Waals surface area contributed by atoms with Crippen molar-refractivity contribution < 1.29 is 4.79 Å². The summed E-state index contributed by atoms with van der Waals surface area (Å²) in [5.41, 5.74) is 1.68. The van der Waals surface area contributed by atoms with E-state index in [0.29, 0.717) is 10.7 Å². The van der Waals surface area contributed by atoms with Crippen LogP contribution in [0.25, 0.3) is 21.6 Å². The molecule has 120 valence electrons. The summed E-state index contributed by atoms with van der Waals surface area (Å²) >= 11 is 2.96. The minimum absolute atomic E-state index is 0.0694. The Morgan fingerprint density at radius 3 is 2.96 bits per heavy atom. The van der Waals surface area contributed by atoms with E-state index in [9.17, 15) is 4.79 Å². The second-order valence-electron chi connectivity index (χ2n) is 5.32. The highest BCUT2D eigenvalue weighted by Crippen LogP contribution is 2.28. The zero-order valence-corrected chi connectivity index (χ0v) is 14.4. The highest BCUT2D eigenvalue weighted by atomic mass is 32.2. The van der Waals surface area contributed by atoms with Crippen LogP contribution < -0.4 is 0 Å². The second-order valence-corrected chi connectivity index (χ2v) is 7.57. The maximum absolute atomic E-state index is 12.8. The molecule has 2 N–H and O–H groups in total. The van der Waals surface area contributed by atoms with Gasteiger partial charge in [-0.2, -0.15) is 0 Å². The Bertz CT molecular complexity index is 987. The molecule has 0 fully saturated rings. The Labute approximate surface area is 146 Å². The third kappa shape index (κ3) is 2.76. The molecule has 0 aliphatic heterocycles. The van der Waals surface area contributed by atoms with Crippen LogP contribution in [-0.4, -0.2) is 31.2 Å². The number of thiophene rings is 1. The Hall–Kier alpha value is -2.38. The third-order valence-electron chi connectivity index (χ3n) is 3.73. The number of ketones is 1. The van der Waals surface area contributed by atoms with Crippen molar-refractivity contribution in [1.29, 1.82) is 0 Å². The number of nitrogens with zero attached hydrogens (tertiary/aromatic N) is 2. The molecule has 7 heteroatoms. The van der Waals surface area contributed by atoms with Crippen molar-refractivity contribution in [1.82, 2.24) is 20.2 Å². The van der Waals surface area contributed by atoms with Crippen LogP contribution in [0, 0.1) is 0 Å². The standard InChI is InChI=1S/C17H14N4OS2/c1-10(15(22)12-9-18-13-6-3-2-5-11(12)13)24-17-19-16(20-21-17)14-7-4-8-23-14/h2-10,18H,1H3,(H,19,20,21)/t10-/m0/s1. The fraction of sp³-hybridized carbons (Fsp3) is 0.118. The molecule has 0 bridgehead atoms. The van der Waals surface area contributed by atoms with Gasteiger partial charge < -0.3 is 4.98 Å². The summed E-state index contributed by atoms with van der Waals surface area (Å²) in [5, 5.41) is 10.4. The lowest BCUT2D eigenvalue weighted by atomic mass is 10.1. The molecule has 0 saturated heterocycles. The number of thioether (sulfide) groups is 1. The summed E-state index contributed by atoms with van der Waals surface area (Å²) in [7, 11) is 0. The first kappa shape index (κ1) is 15.2. The van der Waals surface area contributed by atoms with E-state index in [4.69, 9.17) is 0 Å². The molecule has 1 atom stereocenters. The first-order chi connectivity index (χ1) is 11.7. The van der Waals surface area contributed by atoms with Gasteiger partial charge in [0.05, 0.1) is 10.1 Å². The van der Waals surface area contributed by atoms with Crippen molar-refractivity contribution in [3.05, 3.63) is 53.5 Å². The molecular formula is C17H14N4OS2. The highest BCUT2D eigenvalue weighted by Gasteiger charge is 2.21. The summed E-state index contributed by atoms with van der Waals surface area (Å²) < 4.78 is 0. The topological polar surface area (TPSA) is 74.4 Å². The number of hydrogen-bond donors (Lipinski definition) is 2. The lowest BCUT2D eigenvalue weighted by Crippen LogP contribution is -2.13. The van der Waals surface area contributed by atoms with Crippen molar-refractivity contribution in [2.45, 2.75) is 17.3 Å². The number of hydrogen-bond acceptors (Lipinski definition) is 5. The zero-order valence-electron chi connectivity index (χ0n) is 12.8.